The van der Waals surface area contributed by atoms with Gasteiger partial charge in [-0.3, -0.25) is 5.10 Å². The molecule has 1 fully saturated rings. The first-order valence-electron chi connectivity index (χ1n) is 5.62. The molecule has 2 atom stereocenters. The Balaban J connectivity index is 2.05. The minimum absolute atomic E-state index is 0.238. The summed E-state index contributed by atoms with van der Waals surface area (Å²) >= 11 is 0. The van der Waals surface area contributed by atoms with Crippen LogP contribution in [0.15, 0.2) is 0 Å². The summed E-state index contributed by atoms with van der Waals surface area (Å²) in [5.41, 5.74) is 6.04. The number of nitrogens with one attached hydrogen (secondary N) is 1. The van der Waals surface area contributed by atoms with Gasteiger partial charge < -0.3 is 10.6 Å². The largest absolute Gasteiger partial charge is 0.338 e. The van der Waals surface area contributed by atoms with Crippen LogP contribution in [0, 0.1) is 5.92 Å². The fraction of sp³-hybridized carbons (Fsp3) is 0.800. The SMILES string of the molecule is CCc1nc(N2CCC(C)C(N)C2)n[nH]1. The normalized spacial score (nSPS) is 27.0. The number of nitrogens with zero attached hydrogens (tertiary/aromatic N) is 3. The van der Waals surface area contributed by atoms with Gasteiger partial charge in [0.15, 0.2) is 0 Å². The van der Waals surface area contributed by atoms with Crippen molar-refractivity contribution in [3.05, 3.63) is 5.82 Å². The van der Waals surface area contributed by atoms with Crippen molar-refractivity contribution in [3.8, 4) is 0 Å². The van der Waals surface area contributed by atoms with Crippen LogP contribution in [-0.4, -0.2) is 34.3 Å². The molecular weight excluding hydrogens is 190 g/mol. The number of aryl methyl sites for hydroxylation is 1. The molecule has 0 bridgehead atoms. The van der Waals surface area contributed by atoms with Gasteiger partial charge in [0.2, 0.25) is 5.95 Å². The third kappa shape index (κ3) is 2.12. The molecule has 3 N–H and O–H groups in total. The predicted molar refractivity (Wildman–Crippen MR) is 59.7 cm³/mol. The second-order valence-electron chi connectivity index (χ2n) is 4.31. The van der Waals surface area contributed by atoms with Gasteiger partial charge in [0, 0.05) is 25.6 Å². The zero-order valence-corrected chi connectivity index (χ0v) is 9.40. The van der Waals surface area contributed by atoms with Gasteiger partial charge in [0.1, 0.15) is 5.82 Å². The van der Waals surface area contributed by atoms with Crippen molar-refractivity contribution >= 4 is 5.95 Å². The van der Waals surface area contributed by atoms with E-state index in [1.807, 2.05) is 0 Å². The van der Waals surface area contributed by atoms with E-state index < -0.39 is 0 Å². The summed E-state index contributed by atoms with van der Waals surface area (Å²) in [5.74, 6) is 2.34. The summed E-state index contributed by atoms with van der Waals surface area (Å²) in [4.78, 5) is 6.58. The van der Waals surface area contributed by atoms with Crippen LogP contribution in [0.1, 0.15) is 26.1 Å². The molecule has 1 aromatic rings. The van der Waals surface area contributed by atoms with E-state index in [2.05, 4.69) is 33.9 Å². The molecule has 2 unspecified atom stereocenters. The minimum atomic E-state index is 0.238. The Morgan fingerprint density at radius 2 is 2.40 bits per heavy atom. The Hall–Kier alpha value is -1.10. The Labute approximate surface area is 90.1 Å². The summed E-state index contributed by atoms with van der Waals surface area (Å²) in [6, 6.07) is 0.238. The molecule has 0 aliphatic carbocycles. The Morgan fingerprint density at radius 3 is 3.00 bits per heavy atom. The zero-order chi connectivity index (χ0) is 10.8. The van der Waals surface area contributed by atoms with E-state index in [1.165, 1.54) is 0 Å². The van der Waals surface area contributed by atoms with Crippen molar-refractivity contribution < 1.29 is 0 Å². The van der Waals surface area contributed by atoms with E-state index in [1.54, 1.807) is 0 Å². The van der Waals surface area contributed by atoms with Crippen molar-refractivity contribution in [1.29, 1.82) is 0 Å². The van der Waals surface area contributed by atoms with Crippen LogP contribution < -0.4 is 10.6 Å². The molecule has 5 heteroatoms. The van der Waals surface area contributed by atoms with Gasteiger partial charge in [-0.25, -0.2) is 0 Å². The summed E-state index contributed by atoms with van der Waals surface area (Å²) in [6.07, 6.45) is 2.01. The topological polar surface area (TPSA) is 70.8 Å². The van der Waals surface area contributed by atoms with Crippen LogP contribution in [0.2, 0.25) is 0 Å². The van der Waals surface area contributed by atoms with Crippen LogP contribution in [-0.2, 0) is 6.42 Å². The van der Waals surface area contributed by atoms with E-state index in [-0.39, 0.29) is 6.04 Å². The first kappa shape index (κ1) is 10.4. The number of nitrogens with two attached hydrogens (primary N) is 1. The first-order valence-corrected chi connectivity index (χ1v) is 5.62. The van der Waals surface area contributed by atoms with Gasteiger partial charge in [-0.15, -0.1) is 5.10 Å². The maximum atomic E-state index is 6.04. The van der Waals surface area contributed by atoms with E-state index in [0.29, 0.717) is 5.92 Å². The van der Waals surface area contributed by atoms with E-state index >= 15 is 0 Å². The highest BCUT2D eigenvalue weighted by Crippen LogP contribution is 2.19. The van der Waals surface area contributed by atoms with Gasteiger partial charge in [-0.2, -0.15) is 4.98 Å². The molecule has 0 amide bonds. The molecule has 2 heterocycles. The van der Waals surface area contributed by atoms with Gasteiger partial charge in [0.05, 0.1) is 0 Å². The summed E-state index contributed by atoms with van der Waals surface area (Å²) < 4.78 is 0. The molecule has 1 aromatic heterocycles. The number of aromatic amines is 1. The number of anilines is 1. The number of hydrogen-bond donors (Lipinski definition) is 2. The number of rotatable bonds is 2. The molecule has 15 heavy (non-hydrogen) atoms. The third-order valence-corrected chi connectivity index (χ3v) is 3.15. The van der Waals surface area contributed by atoms with Crippen LogP contribution in [0.5, 0.6) is 0 Å². The highest BCUT2D eigenvalue weighted by molar-refractivity contribution is 5.30. The van der Waals surface area contributed by atoms with Gasteiger partial charge in [-0.1, -0.05) is 13.8 Å². The molecule has 0 spiro atoms. The number of hydrogen-bond acceptors (Lipinski definition) is 4. The molecule has 1 saturated heterocycles. The molecular formula is C10H19N5. The van der Waals surface area contributed by atoms with Crippen LogP contribution in [0.4, 0.5) is 5.95 Å². The number of H-pyrrole nitrogens is 1. The Morgan fingerprint density at radius 1 is 1.60 bits per heavy atom. The molecule has 0 aromatic carbocycles. The monoisotopic (exact) mass is 209 g/mol. The second-order valence-corrected chi connectivity index (χ2v) is 4.31. The number of piperidine rings is 1. The van der Waals surface area contributed by atoms with Crippen molar-refractivity contribution in [2.75, 3.05) is 18.0 Å². The standard InChI is InChI=1S/C10H19N5/c1-3-9-12-10(14-13-9)15-5-4-7(2)8(11)6-15/h7-8H,3-6,11H2,1-2H3,(H,12,13,14). The van der Waals surface area contributed by atoms with Crippen LogP contribution >= 0.6 is 0 Å². The smallest absolute Gasteiger partial charge is 0.244 e. The van der Waals surface area contributed by atoms with E-state index in [9.17, 15) is 0 Å². The van der Waals surface area contributed by atoms with Gasteiger partial charge >= 0.3 is 0 Å². The van der Waals surface area contributed by atoms with Crippen molar-refractivity contribution in [2.45, 2.75) is 32.7 Å². The second kappa shape index (κ2) is 4.18. The van der Waals surface area contributed by atoms with E-state index in [0.717, 1.165) is 37.7 Å². The van der Waals surface area contributed by atoms with Crippen molar-refractivity contribution in [2.24, 2.45) is 11.7 Å². The summed E-state index contributed by atoms with van der Waals surface area (Å²) in [7, 11) is 0. The average Bonchev–Trinajstić information content (AvgIpc) is 2.70. The maximum Gasteiger partial charge on any atom is 0.244 e. The third-order valence-electron chi connectivity index (χ3n) is 3.15. The van der Waals surface area contributed by atoms with E-state index in [4.69, 9.17) is 5.73 Å². The lowest BCUT2D eigenvalue weighted by Gasteiger charge is -2.34. The quantitative estimate of drug-likeness (QED) is 0.746. The lowest BCUT2D eigenvalue weighted by molar-refractivity contribution is 0.376. The molecule has 84 valence electrons. The fourth-order valence-corrected chi connectivity index (χ4v) is 1.87. The van der Waals surface area contributed by atoms with Crippen LogP contribution in [0.25, 0.3) is 0 Å². The molecule has 0 saturated carbocycles. The number of aromatic nitrogens is 3. The molecule has 5 nitrogen and oxygen atoms in total. The zero-order valence-electron chi connectivity index (χ0n) is 9.40. The summed E-state index contributed by atoms with van der Waals surface area (Å²) in [5, 5.41) is 7.14. The molecule has 2 rings (SSSR count). The maximum absolute atomic E-state index is 6.04. The highest BCUT2D eigenvalue weighted by atomic mass is 15.4. The molecule has 1 aliphatic rings. The minimum Gasteiger partial charge on any atom is -0.338 e. The lowest BCUT2D eigenvalue weighted by Crippen LogP contribution is -2.48. The molecule has 1 aliphatic heterocycles. The Kier molecular flexibility index (Phi) is 2.90. The average molecular weight is 209 g/mol. The predicted octanol–water partition coefficient (Wildman–Crippen LogP) is 0.541. The van der Waals surface area contributed by atoms with Gasteiger partial charge in [0.25, 0.3) is 0 Å². The first-order chi connectivity index (χ1) is 7.20. The highest BCUT2D eigenvalue weighted by Gasteiger charge is 2.25. The van der Waals surface area contributed by atoms with Crippen molar-refractivity contribution in [1.82, 2.24) is 15.2 Å². The Bertz CT molecular complexity index is 321. The fourth-order valence-electron chi connectivity index (χ4n) is 1.87. The molecule has 0 radical (unpaired) electrons. The lowest BCUT2D eigenvalue weighted by atomic mass is 9.95. The van der Waals surface area contributed by atoms with Gasteiger partial charge in [-0.05, 0) is 12.3 Å². The summed E-state index contributed by atoms with van der Waals surface area (Å²) in [6.45, 7) is 6.14. The van der Waals surface area contributed by atoms with Crippen LogP contribution in [0.3, 0.4) is 0 Å². The van der Waals surface area contributed by atoms with Crippen molar-refractivity contribution in [3.63, 3.8) is 0 Å².